The number of rotatable bonds is 6. The molecule has 0 saturated carbocycles. The number of ketones is 1. The predicted octanol–water partition coefficient (Wildman–Crippen LogP) is 0.328. The lowest BCUT2D eigenvalue weighted by molar-refractivity contribution is -0.145. The third kappa shape index (κ3) is 3.81. The van der Waals surface area contributed by atoms with Gasteiger partial charge in [0.2, 0.25) is 0 Å². The Bertz CT molecular complexity index is 543. The second-order valence-electron chi connectivity index (χ2n) is 3.54. The van der Waals surface area contributed by atoms with Gasteiger partial charge in [0.1, 0.15) is 0 Å². The Hall–Kier alpha value is -2.88. The van der Waals surface area contributed by atoms with E-state index in [0.29, 0.717) is 0 Å². The van der Waals surface area contributed by atoms with Crippen molar-refractivity contribution >= 4 is 17.4 Å². The van der Waals surface area contributed by atoms with Crippen LogP contribution in [0, 0.1) is 0 Å². The Kier molecular flexibility index (Phi) is 5.72. The van der Waals surface area contributed by atoms with Gasteiger partial charge in [-0.05, 0) is 12.1 Å². The average molecular weight is 279 g/mol. The Balaban J connectivity index is 2.97. The first-order valence-corrected chi connectivity index (χ1v) is 5.37. The van der Waals surface area contributed by atoms with Crippen molar-refractivity contribution in [3.8, 4) is 0 Å². The summed E-state index contributed by atoms with van der Waals surface area (Å²) < 4.78 is 0. The molecule has 0 fully saturated rings. The normalized spacial score (nSPS) is 12.7. The minimum Gasteiger partial charge on any atom is -0.372 e. The molecule has 1 aromatic rings. The van der Waals surface area contributed by atoms with Gasteiger partial charge in [-0.15, -0.1) is 5.11 Å². The van der Waals surface area contributed by atoms with Gasteiger partial charge in [-0.25, -0.2) is 4.79 Å². The molecule has 1 rings (SSSR count). The van der Waals surface area contributed by atoms with Gasteiger partial charge in [-0.1, -0.05) is 22.6 Å². The van der Waals surface area contributed by atoms with Crippen LogP contribution in [-0.2, 0) is 9.63 Å². The van der Waals surface area contributed by atoms with E-state index in [9.17, 15) is 9.59 Å². The van der Waals surface area contributed by atoms with E-state index in [0.717, 1.165) is 0 Å². The summed E-state index contributed by atoms with van der Waals surface area (Å²) in [7, 11) is 0. The van der Waals surface area contributed by atoms with Crippen molar-refractivity contribution in [3.63, 3.8) is 0 Å². The molecule has 0 spiro atoms. The van der Waals surface area contributed by atoms with Gasteiger partial charge >= 0.3 is 5.97 Å². The number of hydrogen-bond acceptors (Lipinski definition) is 8. The molecule has 0 unspecified atom stereocenters. The summed E-state index contributed by atoms with van der Waals surface area (Å²) in [5, 5.41) is 13.1. The molecule has 0 saturated heterocycles. The molecule has 0 radical (unpaired) electrons. The van der Waals surface area contributed by atoms with Crippen molar-refractivity contribution in [1.29, 1.82) is 0 Å². The van der Waals surface area contributed by atoms with E-state index in [2.05, 4.69) is 25.5 Å². The molecule has 0 amide bonds. The Morgan fingerprint density at radius 2 is 1.90 bits per heavy atom. The first kappa shape index (κ1) is 15.2. The van der Waals surface area contributed by atoms with Gasteiger partial charge in [0, 0.05) is 12.0 Å². The van der Waals surface area contributed by atoms with Crippen LogP contribution in [0.5, 0.6) is 0 Å². The van der Waals surface area contributed by atoms with Crippen molar-refractivity contribution in [2.75, 3.05) is 0 Å². The molecule has 0 heterocycles. The zero-order valence-corrected chi connectivity index (χ0v) is 10.3. The number of Topliss-reactive ketones (excluding diaryl/α,β-unsaturated/α-hetero) is 1. The number of carbonyl (C=O) groups is 2. The Morgan fingerprint density at radius 3 is 2.50 bits per heavy atom. The zero-order chi connectivity index (χ0) is 15.0. The minimum atomic E-state index is -1.22. The van der Waals surface area contributed by atoms with Crippen LogP contribution in [0.15, 0.2) is 44.9 Å². The smallest absolute Gasteiger partial charge is 0.351 e. The highest BCUT2D eigenvalue weighted by atomic mass is 16.7. The first-order chi connectivity index (χ1) is 9.63. The SMILES string of the molecule is NN=Nc1ccccc1C(=O)C[C@H](N=NN)C(=O)ON. The van der Waals surface area contributed by atoms with Crippen molar-refractivity contribution in [2.45, 2.75) is 12.5 Å². The van der Waals surface area contributed by atoms with Crippen molar-refractivity contribution < 1.29 is 14.4 Å². The van der Waals surface area contributed by atoms with Crippen LogP contribution in [-0.4, -0.2) is 17.8 Å². The second kappa shape index (κ2) is 7.53. The summed E-state index contributed by atoms with van der Waals surface area (Å²) in [6, 6.07) is 5.12. The molecular weight excluding hydrogens is 266 g/mol. The maximum Gasteiger partial charge on any atom is 0.351 e. The summed E-state index contributed by atoms with van der Waals surface area (Å²) >= 11 is 0. The fourth-order valence-corrected chi connectivity index (χ4v) is 1.47. The highest BCUT2D eigenvalue weighted by Gasteiger charge is 2.25. The molecule has 0 aliphatic rings. The largest absolute Gasteiger partial charge is 0.372 e. The molecule has 106 valence electrons. The van der Waals surface area contributed by atoms with Crippen LogP contribution in [0.1, 0.15) is 16.8 Å². The Labute approximate surface area is 113 Å². The van der Waals surface area contributed by atoms with Crippen molar-refractivity contribution in [3.05, 3.63) is 29.8 Å². The van der Waals surface area contributed by atoms with E-state index < -0.39 is 17.8 Å². The zero-order valence-electron chi connectivity index (χ0n) is 10.3. The van der Waals surface area contributed by atoms with Gasteiger partial charge in [0.15, 0.2) is 11.8 Å². The predicted molar refractivity (Wildman–Crippen MR) is 67.2 cm³/mol. The molecule has 6 N–H and O–H groups in total. The molecule has 0 aliphatic heterocycles. The third-order valence-electron chi connectivity index (χ3n) is 2.34. The number of hydrogen-bond donors (Lipinski definition) is 3. The van der Waals surface area contributed by atoms with Gasteiger partial charge < -0.3 is 16.5 Å². The topological polar surface area (TPSA) is 171 Å². The van der Waals surface area contributed by atoms with Gasteiger partial charge in [-0.3, -0.25) is 4.79 Å². The van der Waals surface area contributed by atoms with Crippen LogP contribution in [0.4, 0.5) is 5.69 Å². The van der Waals surface area contributed by atoms with Gasteiger partial charge in [0.05, 0.1) is 5.69 Å². The lowest BCUT2D eigenvalue weighted by atomic mass is 10.0. The highest BCUT2D eigenvalue weighted by molar-refractivity contribution is 6.02. The molecule has 10 nitrogen and oxygen atoms in total. The standard InChI is InChI=1S/C10H13N7O3/c11-16-14-7-4-2-1-3-6(7)9(18)5-8(15-17-12)10(19)20-13/h1-4,8H,5,13H2,(H2,11,14)(H2,12,15)/t8-/m0/s1. The molecule has 0 bridgehead atoms. The highest BCUT2D eigenvalue weighted by Crippen LogP contribution is 2.21. The van der Waals surface area contributed by atoms with Gasteiger partial charge in [0.25, 0.3) is 0 Å². The van der Waals surface area contributed by atoms with E-state index >= 15 is 0 Å². The quantitative estimate of drug-likeness (QED) is 0.293. The molecule has 10 heteroatoms. The Morgan fingerprint density at radius 1 is 1.20 bits per heavy atom. The van der Waals surface area contributed by atoms with E-state index in [1.807, 2.05) is 0 Å². The molecule has 20 heavy (non-hydrogen) atoms. The fraction of sp³-hybridized carbons (Fsp3) is 0.200. The molecule has 0 aromatic heterocycles. The molecular formula is C10H13N7O3. The maximum absolute atomic E-state index is 12.1. The molecule has 1 atom stereocenters. The lowest BCUT2D eigenvalue weighted by Gasteiger charge is -2.08. The van der Waals surface area contributed by atoms with E-state index in [1.165, 1.54) is 6.07 Å². The van der Waals surface area contributed by atoms with E-state index in [4.69, 9.17) is 17.6 Å². The van der Waals surface area contributed by atoms with Crippen LogP contribution >= 0.6 is 0 Å². The monoisotopic (exact) mass is 279 g/mol. The third-order valence-corrected chi connectivity index (χ3v) is 2.34. The number of carbonyl (C=O) groups excluding carboxylic acids is 2. The lowest BCUT2D eigenvalue weighted by Crippen LogP contribution is -2.27. The summed E-state index contributed by atoms with van der Waals surface area (Å²) in [5.74, 6) is 13.2. The van der Waals surface area contributed by atoms with Crippen LogP contribution in [0.25, 0.3) is 0 Å². The molecule has 1 aromatic carbocycles. The fourth-order valence-electron chi connectivity index (χ4n) is 1.47. The average Bonchev–Trinajstić information content (AvgIpc) is 2.46. The maximum atomic E-state index is 12.1. The number of nitrogens with two attached hydrogens (primary N) is 3. The van der Waals surface area contributed by atoms with Crippen LogP contribution < -0.4 is 17.6 Å². The van der Waals surface area contributed by atoms with E-state index in [1.54, 1.807) is 18.2 Å². The first-order valence-electron chi connectivity index (χ1n) is 5.37. The molecule has 0 aliphatic carbocycles. The summed E-state index contributed by atoms with van der Waals surface area (Å²) in [5.41, 5.74) is 0.494. The van der Waals surface area contributed by atoms with Gasteiger partial charge in [-0.2, -0.15) is 11.0 Å². The minimum absolute atomic E-state index is 0.226. The van der Waals surface area contributed by atoms with E-state index in [-0.39, 0.29) is 17.7 Å². The number of benzene rings is 1. The van der Waals surface area contributed by atoms with Crippen LogP contribution in [0.3, 0.4) is 0 Å². The summed E-state index contributed by atoms with van der Waals surface area (Å²) in [4.78, 5) is 27.4. The second-order valence-corrected chi connectivity index (χ2v) is 3.54. The summed E-state index contributed by atoms with van der Waals surface area (Å²) in [6.45, 7) is 0. The van der Waals surface area contributed by atoms with Crippen LogP contribution in [0.2, 0.25) is 0 Å². The summed E-state index contributed by atoms with van der Waals surface area (Å²) in [6.07, 6.45) is -0.326. The van der Waals surface area contributed by atoms with Crippen molar-refractivity contribution in [2.24, 2.45) is 38.3 Å². The van der Waals surface area contributed by atoms with Crippen molar-refractivity contribution in [1.82, 2.24) is 0 Å². The number of nitrogens with zero attached hydrogens (tertiary/aromatic N) is 4.